The van der Waals surface area contributed by atoms with Gasteiger partial charge in [0.2, 0.25) is 5.91 Å². The predicted molar refractivity (Wildman–Crippen MR) is 93.5 cm³/mol. The van der Waals surface area contributed by atoms with Crippen molar-refractivity contribution < 1.29 is 9.59 Å². The first-order chi connectivity index (χ1) is 11.0. The molecule has 0 aromatic heterocycles. The molecule has 0 N–H and O–H groups in total. The lowest BCUT2D eigenvalue weighted by Gasteiger charge is -2.30. The predicted octanol–water partition coefficient (Wildman–Crippen LogP) is 4.47. The molecule has 1 aromatic rings. The molecule has 23 heavy (non-hydrogen) atoms. The highest BCUT2D eigenvalue weighted by Gasteiger charge is 2.28. The molecule has 0 unspecified atom stereocenters. The van der Waals surface area contributed by atoms with Crippen LogP contribution < -0.4 is 0 Å². The number of benzene rings is 1. The van der Waals surface area contributed by atoms with E-state index in [1.807, 2.05) is 49.1 Å². The van der Waals surface area contributed by atoms with Gasteiger partial charge in [-0.15, -0.1) is 0 Å². The van der Waals surface area contributed by atoms with Crippen LogP contribution in [0, 0.1) is 5.41 Å². The van der Waals surface area contributed by atoms with Crippen molar-refractivity contribution in [1.82, 2.24) is 4.90 Å². The van der Waals surface area contributed by atoms with Crippen molar-refractivity contribution in [2.75, 3.05) is 13.1 Å². The van der Waals surface area contributed by atoms with E-state index in [0.29, 0.717) is 12.8 Å². The molecule has 1 amide bonds. The van der Waals surface area contributed by atoms with E-state index >= 15 is 0 Å². The summed E-state index contributed by atoms with van der Waals surface area (Å²) in [6.45, 7) is 5.80. The molecule has 0 aliphatic carbocycles. The molecule has 1 heterocycles. The van der Waals surface area contributed by atoms with Gasteiger partial charge in [-0.25, -0.2) is 0 Å². The summed E-state index contributed by atoms with van der Waals surface area (Å²) in [4.78, 5) is 27.0. The summed E-state index contributed by atoms with van der Waals surface area (Å²) in [5.41, 5.74) is 0.436. The summed E-state index contributed by atoms with van der Waals surface area (Å²) in [6.07, 6.45) is 6.81. The molecule has 0 radical (unpaired) electrons. The highest BCUT2D eigenvalue weighted by molar-refractivity contribution is 5.96. The van der Waals surface area contributed by atoms with Crippen LogP contribution >= 0.6 is 0 Å². The van der Waals surface area contributed by atoms with Gasteiger partial charge in [0.05, 0.1) is 0 Å². The van der Waals surface area contributed by atoms with Crippen LogP contribution in [0.1, 0.15) is 69.2 Å². The van der Waals surface area contributed by atoms with Crippen LogP contribution in [0.4, 0.5) is 0 Å². The van der Waals surface area contributed by atoms with Crippen molar-refractivity contribution in [3.05, 3.63) is 35.9 Å². The second-order valence-corrected chi connectivity index (χ2v) is 7.46. The van der Waals surface area contributed by atoms with Crippen LogP contribution in [0.5, 0.6) is 0 Å². The Morgan fingerprint density at radius 3 is 2.09 bits per heavy atom. The number of rotatable bonds is 5. The third-order valence-electron chi connectivity index (χ3n) is 4.57. The number of hydrogen-bond acceptors (Lipinski definition) is 2. The van der Waals surface area contributed by atoms with E-state index in [4.69, 9.17) is 0 Å². The van der Waals surface area contributed by atoms with E-state index < -0.39 is 0 Å². The van der Waals surface area contributed by atoms with E-state index in [1.54, 1.807) is 0 Å². The zero-order chi connectivity index (χ0) is 16.7. The number of carbonyl (C=O) groups excluding carboxylic acids is 2. The van der Waals surface area contributed by atoms with E-state index in [-0.39, 0.29) is 17.1 Å². The lowest BCUT2D eigenvalue weighted by molar-refractivity contribution is -0.133. The Morgan fingerprint density at radius 2 is 1.48 bits per heavy atom. The van der Waals surface area contributed by atoms with Crippen LogP contribution in [0.15, 0.2) is 30.3 Å². The van der Waals surface area contributed by atoms with Crippen LogP contribution in [0.3, 0.4) is 0 Å². The topological polar surface area (TPSA) is 37.4 Å². The van der Waals surface area contributed by atoms with Gasteiger partial charge in [-0.3, -0.25) is 9.59 Å². The Labute approximate surface area is 140 Å². The average molecular weight is 315 g/mol. The van der Waals surface area contributed by atoms with E-state index in [9.17, 15) is 9.59 Å². The first-order valence-electron chi connectivity index (χ1n) is 8.84. The fraction of sp³-hybridized carbons (Fsp3) is 0.600. The molecule has 1 saturated heterocycles. The fourth-order valence-corrected chi connectivity index (χ4v) is 3.24. The lowest BCUT2D eigenvalue weighted by Crippen LogP contribution is -2.37. The van der Waals surface area contributed by atoms with Gasteiger partial charge in [-0.2, -0.15) is 0 Å². The molecule has 1 aliphatic rings. The number of amides is 1. The van der Waals surface area contributed by atoms with Crippen LogP contribution in [-0.4, -0.2) is 29.7 Å². The minimum atomic E-state index is -0.299. The van der Waals surface area contributed by atoms with E-state index in [1.165, 1.54) is 19.3 Å². The largest absolute Gasteiger partial charge is 0.343 e. The van der Waals surface area contributed by atoms with Crippen molar-refractivity contribution in [2.24, 2.45) is 5.41 Å². The number of carbonyl (C=O) groups is 2. The van der Waals surface area contributed by atoms with Gasteiger partial charge in [0.15, 0.2) is 5.78 Å². The van der Waals surface area contributed by atoms with Gasteiger partial charge in [-0.1, -0.05) is 63.4 Å². The molecule has 126 valence electrons. The number of nitrogens with zero attached hydrogens (tertiary/aromatic N) is 1. The second-order valence-electron chi connectivity index (χ2n) is 7.46. The van der Waals surface area contributed by atoms with Gasteiger partial charge >= 0.3 is 0 Å². The van der Waals surface area contributed by atoms with Crippen LogP contribution in [0.2, 0.25) is 0 Å². The van der Waals surface area contributed by atoms with Gasteiger partial charge in [0.25, 0.3) is 0 Å². The summed E-state index contributed by atoms with van der Waals surface area (Å²) < 4.78 is 0. The number of likely N-dealkylation sites (tertiary alicyclic amines) is 1. The second kappa shape index (κ2) is 8.28. The molecular formula is C20H29NO2. The van der Waals surface area contributed by atoms with Crippen molar-refractivity contribution in [1.29, 1.82) is 0 Å². The summed E-state index contributed by atoms with van der Waals surface area (Å²) >= 11 is 0. The third kappa shape index (κ3) is 5.81. The summed E-state index contributed by atoms with van der Waals surface area (Å²) in [5, 5.41) is 0. The molecule has 0 atom stereocenters. The Bertz CT molecular complexity index is 514. The Morgan fingerprint density at radius 1 is 0.913 bits per heavy atom. The van der Waals surface area contributed by atoms with Gasteiger partial charge in [0, 0.05) is 31.5 Å². The highest BCUT2D eigenvalue weighted by Crippen LogP contribution is 2.28. The zero-order valence-electron chi connectivity index (χ0n) is 14.5. The Kier molecular flexibility index (Phi) is 6.37. The standard InChI is InChI=1S/C20H29NO2/c1-20(2,15-18(22)17-11-7-6-8-12-17)16-19(23)21-13-9-4-3-5-10-14-21/h6-8,11-12H,3-5,9-10,13-16H2,1-2H3. The first kappa shape index (κ1) is 17.7. The molecule has 3 nitrogen and oxygen atoms in total. The van der Waals surface area contributed by atoms with Crippen molar-refractivity contribution >= 4 is 11.7 Å². The molecule has 0 spiro atoms. The van der Waals surface area contributed by atoms with Crippen LogP contribution in [-0.2, 0) is 4.79 Å². The molecule has 0 bridgehead atoms. The third-order valence-corrected chi connectivity index (χ3v) is 4.57. The zero-order valence-corrected chi connectivity index (χ0v) is 14.5. The van der Waals surface area contributed by atoms with Gasteiger partial charge in [0.1, 0.15) is 0 Å². The molecule has 0 saturated carbocycles. The minimum absolute atomic E-state index is 0.121. The van der Waals surface area contributed by atoms with E-state index in [0.717, 1.165) is 31.5 Å². The summed E-state index contributed by atoms with van der Waals surface area (Å²) in [6, 6.07) is 9.36. The smallest absolute Gasteiger partial charge is 0.223 e. The monoisotopic (exact) mass is 315 g/mol. The Hall–Kier alpha value is -1.64. The summed E-state index contributed by atoms with van der Waals surface area (Å²) in [5.74, 6) is 0.328. The van der Waals surface area contributed by atoms with Gasteiger partial charge in [-0.05, 0) is 18.3 Å². The van der Waals surface area contributed by atoms with Crippen molar-refractivity contribution in [3.8, 4) is 0 Å². The number of ketones is 1. The molecule has 1 aliphatic heterocycles. The maximum Gasteiger partial charge on any atom is 0.223 e. The fourth-order valence-electron chi connectivity index (χ4n) is 3.24. The van der Waals surface area contributed by atoms with E-state index in [2.05, 4.69) is 0 Å². The van der Waals surface area contributed by atoms with Crippen molar-refractivity contribution in [3.63, 3.8) is 0 Å². The quantitative estimate of drug-likeness (QED) is 0.752. The number of hydrogen-bond donors (Lipinski definition) is 0. The highest BCUT2D eigenvalue weighted by atomic mass is 16.2. The average Bonchev–Trinajstić information content (AvgIpc) is 2.46. The Balaban J connectivity index is 1.91. The molecule has 1 fully saturated rings. The SMILES string of the molecule is CC(C)(CC(=O)c1ccccc1)CC(=O)N1CCCCCCC1. The first-order valence-corrected chi connectivity index (χ1v) is 8.84. The van der Waals surface area contributed by atoms with Crippen molar-refractivity contribution in [2.45, 2.75) is 58.8 Å². The number of Topliss-reactive ketones (excluding diaryl/α,β-unsaturated/α-hetero) is 1. The molecule has 3 heteroatoms. The molecule has 1 aromatic carbocycles. The molecule has 2 rings (SSSR count). The molecular weight excluding hydrogens is 286 g/mol. The summed E-state index contributed by atoms with van der Waals surface area (Å²) in [7, 11) is 0. The maximum atomic E-state index is 12.6. The van der Waals surface area contributed by atoms with Crippen LogP contribution in [0.25, 0.3) is 0 Å². The lowest BCUT2D eigenvalue weighted by atomic mass is 9.82. The maximum absolute atomic E-state index is 12.6. The normalized spacial score (nSPS) is 16.5. The van der Waals surface area contributed by atoms with Gasteiger partial charge < -0.3 is 4.90 Å². The minimum Gasteiger partial charge on any atom is -0.343 e.